The topological polar surface area (TPSA) is 84.1 Å². The van der Waals surface area contributed by atoms with Gasteiger partial charge in [-0.2, -0.15) is 5.26 Å². The average Bonchev–Trinajstić information content (AvgIpc) is 3.10. The number of amides is 1. The second kappa shape index (κ2) is 11.6. The van der Waals surface area contributed by atoms with Gasteiger partial charge < -0.3 is 10.1 Å². The highest BCUT2D eigenvalue weighted by Crippen LogP contribution is 2.10. The summed E-state index contributed by atoms with van der Waals surface area (Å²) in [6.07, 6.45) is 2.36. The molecule has 0 unspecified atom stereocenters. The molecule has 1 heterocycles. The maximum absolute atomic E-state index is 13.1. The van der Waals surface area contributed by atoms with Crippen molar-refractivity contribution in [2.75, 3.05) is 13.7 Å². The van der Waals surface area contributed by atoms with Gasteiger partial charge in [0.05, 0.1) is 4.53 Å². The molecule has 3 aromatic rings. The predicted molar refractivity (Wildman–Crippen MR) is 129 cm³/mol. The summed E-state index contributed by atoms with van der Waals surface area (Å²) in [6.45, 7) is 1.11. The number of nitriles is 1. The molecule has 32 heavy (non-hydrogen) atoms. The van der Waals surface area contributed by atoms with E-state index < -0.39 is 5.91 Å². The molecule has 0 saturated carbocycles. The number of nitrogens with one attached hydrogen (secondary N) is 1. The number of hydrogen-bond acceptors (Lipinski definition) is 5. The summed E-state index contributed by atoms with van der Waals surface area (Å²) in [6, 6.07) is 19.0. The maximum atomic E-state index is 13.1. The van der Waals surface area contributed by atoms with Gasteiger partial charge >= 0.3 is 0 Å². The monoisotopic (exact) mass is 511 g/mol. The summed E-state index contributed by atoms with van der Waals surface area (Å²) in [4.78, 5) is 25.9. The van der Waals surface area contributed by atoms with Crippen LogP contribution in [-0.4, -0.2) is 24.2 Å². The third kappa shape index (κ3) is 6.04. The van der Waals surface area contributed by atoms with Crippen LogP contribution in [0.1, 0.15) is 17.5 Å². The Kier molecular flexibility index (Phi) is 8.56. The molecule has 0 atom stereocenters. The number of hydrogen-bond donors (Lipinski definition) is 1. The Morgan fingerprint density at radius 2 is 1.94 bits per heavy atom. The Labute approximate surface area is 198 Å². The van der Waals surface area contributed by atoms with Crippen molar-refractivity contribution >= 4 is 44.8 Å². The summed E-state index contributed by atoms with van der Waals surface area (Å²) < 4.78 is 8.35. The van der Waals surface area contributed by atoms with Crippen molar-refractivity contribution in [1.82, 2.24) is 9.88 Å². The summed E-state index contributed by atoms with van der Waals surface area (Å²) in [5.41, 5.74) is 1.48. The van der Waals surface area contributed by atoms with Crippen LogP contribution in [0.2, 0.25) is 0 Å². The Morgan fingerprint density at radius 3 is 2.59 bits per heavy atom. The Morgan fingerprint density at radius 1 is 1.22 bits per heavy atom. The van der Waals surface area contributed by atoms with Crippen molar-refractivity contribution in [2.24, 2.45) is 0 Å². The fourth-order valence-corrected chi connectivity index (χ4v) is 4.44. The fraction of sp³-hybridized carbons (Fsp3) is 0.208. The summed E-state index contributed by atoms with van der Waals surface area (Å²) in [7, 11) is 1.59. The van der Waals surface area contributed by atoms with Gasteiger partial charge in [-0.3, -0.25) is 14.2 Å². The van der Waals surface area contributed by atoms with Crippen LogP contribution in [0.25, 0.3) is 11.6 Å². The van der Waals surface area contributed by atoms with E-state index in [1.165, 1.54) is 4.57 Å². The van der Waals surface area contributed by atoms with Gasteiger partial charge in [0.1, 0.15) is 10.7 Å². The highest BCUT2D eigenvalue weighted by Gasteiger charge is 2.16. The largest absolute Gasteiger partial charge is 0.385 e. The van der Waals surface area contributed by atoms with Crippen molar-refractivity contribution < 1.29 is 9.53 Å². The molecule has 0 fully saturated rings. The lowest BCUT2D eigenvalue weighted by Gasteiger charge is -2.06. The number of aromatic nitrogens is 1. The van der Waals surface area contributed by atoms with E-state index in [0.29, 0.717) is 35.3 Å². The number of halogens is 1. The third-order valence-corrected chi connectivity index (χ3v) is 6.31. The zero-order valence-corrected chi connectivity index (χ0v) is 19.9. The number of rotatable bonds is 8. The van der Waals surface area contributed by atoms with Crippen LogP contribution in [0.15, 0.2) is 63.9 Å². The van der Waals surface area contributed by atoms with Gasteiger partial charge in [-0.25, -0.2) is 0 Å². The molecule has 8 heteroatoms. The lowest BCUT2D eigenvalue weighted by atomic mass is 10.2. The molecule has 1 aromatic heterocycles. The van der Waals surface area contributed by atoms with Crippen LogP contribution in [0.3, 0.4) is 0 Å². The lowest BCUT2D eigenvalue weighted by Crippen LogP contribution is -2.35. The quantitative estimate of drug-likeness (QED) is 0.471. The number of carbonyl (C=O) groups excluding carboxylic acids is 1. The molecule has 0 spiro atoms. The Hall–Kier alpha value is -2.99. The second-order valence-electron chi connectivity index (χ2n) is 6.93. The molecule has 0 radical (unpaired) electrons. The standard InChI is InChI=1S/C24H22BrN3O3S/c1-31-13-5-12-28-23(30)21(14-17-8-10-19(25)11-9-17)32-24(28)20(15-26)22(29)27-16-18-6-3-2-4-7-18/h2-4,6-11,14H,5,12-13,16H2,1H3,(H,27,29)/b21-14+,24-20-. The first-order chi connectivity index (χ1) is 15.5. The lowest BCUT2D eigenvalue weighted by molar-refractivity contribution is -0.115. The van der Waals surface area contributed by atoms with Crippen LogP contribution < -0.4 is 20.1 Å². The van der Waals surface area contributed by atoms with Gasteiger partial charge in [-0.1, -0.05) is 58.4 Å². The van der Waals surface area contributed by atoms with E-state index in [2.05, 4.69) is 21.2 Å². The van der Waals surface area contributed by atoms with E-state index in [9.17, 15) is 14.9 Å². The first-order valence-electron chi connectivity index (χ1n) is 9.96. The molecule has 1 amide bonds. The zero-order valence-electron chi connectivity index (χ0n) is 17.5. The first-order valence-corrected chi connectivity index (χ1v) is 11.6. The van der Waals surface area contributed by atoms with Crippen molar-refractivity contribution in [3.05, 3.63) is 89.7 Å². The Balaban J connectivity index is 2.05. The highest BCUT2D eigenvalue weighted by atomic mass is 79.9. The van der Waals surface area contributed by atoms with E-state index in [1.807, 2.05) is 60.7 Å². The predicted octanol–water partition coefficient (Wildman–Crippen LogP) is 2.53. The summed E-state index contributed by atoms with van der Waals surface area (Å²) >= 11 is 4.55. The number of thiazole rings is 1. The normalized spacial score (nSPS) is 12.3. The SMILES string of the molecule is COCCCn1c(=O)/c(=C\c2ccc(Br)cc2)s/c1=C(/C#N)C(=O)NCc1ccccc1. The molecule has 0 aliphatic heterocycles. The van der Waals surface area contributed by atoms with Gasteiger partial charge in [-0.15, -0.1) is 11.3 Å². The van der Waals surface area contributed by atoms with Crippen molar-refractivity contribution in [3.8, 4) is 6.07 Å². The molecule has 164 valence electrons. The van der Waals surface area contributed by atoms with Gasteiger partial charge in [0.15, 0.2) is 5.57 Å². The number of methoxy groups -OCH3 is 1. The maximum Gasteiger partial charge on any atom is 0.269 e. The molecular formula is C24H22BrN3O3S. The van der Waals surface area contributed by atoms with Gasteiger partial charge in [-0.05, 0) is 35.8 Å². The molecule has 0 aliphatic carbocycles. The molecule has 0 aliphatic rings. The van der Waals surface area contributed by atoms with Crippen LogP contribution in [0.5, 0.6) is 0 Å². The number of benzene rings is 2. The molecule has 0 saturated heterocycles. The van der Waals surface area contributed by atoms with Crippen LogP contribution >= 0.6 is 27.3 Å². The van der Waals surface area contributed by atoms with Gasteiger partial charge in [0.2, 0.25) is 0 Å². The summed E-state index contributed by atoms with van der Waals surface area (Å²) in [5.74, 6) is -0.506. The van der Waals surface area contributed by atoms with Crippen LogP contribution in [0.4, 0.5) is 0 Å². The fourth-order valence-electron chi connectivity index (χ4n) is 3.05. The van der Waals surface area contributed by atoms with E-state index >= 15 is 0 Å². The second-order valence-corrected chi connectivity index (χ2v) is 8.87. The molecule has 3 rings (SSSR count). The third-order valence-electron chi connectivity index (χ3n) is 4.65. The van der Waals surface area contributed by atoms with Crippen molar-refractivity contribution in [1.29, 1.82) is 5.26 Å². The number of ether oxygens (including phenoxy) is 1. The summed E-state index contributed by atoms with van der Waals surface area (Å²) in [5, 5.41) is 12.5. The minimum absolute atomic E-state index is 0.0732. The molecule has 6 nitrogen and oxygen atoms in total. The van der Waals surface area contributed by atoms with E-state index in [1.54, 1.807) is 13.2 Å². The molecule has 0 bridgehead atoms. The van der Waals surface area contributed by atoms with E-state index in [-0.39, 0.29) is 11.1 Å². The van der Waals surface area contributed by atoms with Gasteiger partial charge in [0, 0.05) is 31.3 Å². The number of nitrogens with zero attached hydrogens (tertiary/aromatic N) is 2. The van der Waals surface area contributed by atoms with Gasteiger partial charge in [0.25, 0.3) is 11.5 Å². The molecule has 1 N–H and O–H groups in total. The molecule has 2 aromatic carbocycles. The minimum Gasteiger partial charge on any atom is -0.385 e. The minimum atomic E-state index is -0.506. The van der Waals surface area contributed by atoms with Crippen molar-refractivity contribution in [3.63, 3.8) is 0 Å². The average molecular weight is 512 g/mol. The smallest absolute Gasteiger partial charge is 0.269 e. The van der Waals surface area contributed by atoms with Crippen LogP contribution in [-0.2, 0) is 22.6 Å². The van der Waals surface area contributed by atoms with E-state index in [4.69, 9.17) is 4.74 Å². The van der Waals surface area contributed by atoms with Crippen LogP contribution in [0, 0.1) is 11.3 Å². The van der Waals surface area contributed by atoms with E-state index in [0.717, 1.165) is 26.9 Å². The highest BCUT2D eigenvalue weighted by molar-refractivity contribution is 9.10. The number of carbonyl (C=O) groups is 1. The zero-order chi connectivity index (χ0) is 22.9. The van der Waals surface area contributed by atoms with Crippen molar-refractivity contribution in [2.45, 2.75) is 19.5 Å². The molecular weight excluding hydrogens is 490 g/mol. The Bertz CT molecular complexity index is 1290. The first kappa shape index (κ1) is 23.7.